The predicted molar refractivity (Wildman–Crippen MR) is 83.3 cm³/mol. The first-order chi connectivity index (χ1) is 10.1. The predicted octanol–water partition coefficient (Wildman–Crippen LogP) is 2.67. The van der Waals surface area contributed by atoms with E-state index in [4.69, 9.17) is 0 Å². The van der Waals surface area contributed by atoms with Crippen LogP contribution in [-0.2, 0) is 4.79 Å². The van der Waals surface area contributed by atoms with Crippen molar-refractivity contribution in [3.63, 3.8) is 0 Å². The molecule has 0 aromatic heterocycles. The summed E-state index contributed by atoms with van der Waals surface area (Å²) in [6.45, 7) is 3.95. The molecule has 0 aliphatic rings. The van der Waals surface area contributed by atoms with Crippen LogP contribution in [0.3, 0.4) is 0 Å². The number of amides is 2. The van der Waals surface area contributed by atoms with E-state index in [1.165, 1.54) is 5.56 Å². The summed E-state index contributed by atoms with van der Waals surface area (Å²) in [5, 5.41) is 5.36. The van der Waals surface area contributed by atoms with Crippen molar-refractivity contribution < 1.29 is 9.59 Å². The zero-order chi connectivity index (χ0) is 15.2. The summed E-state index contributed by atoms with van der Waals surface area (Å²) >= 11 is 0. The van der Waals surface area contributed by atoms with E-state index in [0.29, 0.717) is 5.56 Å². The number of nitrogens with one attached hydrogen (secondary N) is 2. The van der Waals surface area contributed by atoms with Gasteiger partial charge in [-0.2, -0.15) is 0 Å². The van der Waals surface area contributed by atoms with Crippen LogP contribution < -0.4 is 10.6 Å². The van der Waals surface area contributed by atoms with Gasteiger partial charge in [-0.25, -0.2) is 0 Å². The third kappa shape index (κ3) is 4.18. The topological polar surface area (TPSA) is 58.2 Å². The van der Waals surface area contributed by atoms with Gasteiger partial charge >= 0.3 is 0 Å². The van der Waals surface area contributed by atoms with Gasteiger partial charge in [0.2, 0.25) is 5.91 Å². The summed E-state index contributed by atoms with van der Waals surface area (Å²) in [6.07, 6.45) is 0. The highest BCUT2D eigenvalue weighted by Crippen LogP contribution is 2.13. The summed E-state index contributed by atoms with van der Waals surface area (Å²) in [6, 6.07) is 14.5. The van der Waals surface area contributed by atoms with E-state index in [1.54, 1.807) is 24.3 Å². The minimum Gasteiger partial charge on any atom is -0.343 e. The van der Waals surface area contributed by atoms with Gasteiger partial charge in [-0.3, -0.25) is 9.59 Å². The van der Waals surface area contributed by atoms with Crippen molar-refractivity contribution >= 4 is 17.5 Å². The number of carbonyl (C=O) groups excluding carboxylic acids is 2. The minimum absolute atomic E-state index is 0.0549. The Bertz CT molecular complexity index is 651. The lowest BCUT2D eigenvalue weighted by atomic mass is 10.1. The van der Waals surface area contributed by atoms with E-state index in [9.17, 15) is 9.59 Å². The van der Waals surface area contributed by atoms with Crippen LogP contribution in [0.4, 0.5) is 5.69 Å². The Morgan fingerprint density at radius 2 is 1.67 bits per heavy atom. The second-order valence-corrected chi connectivity index (χ2v) is 4.90. The lowest BCUT2D eigenvalue weighted by Gasteiger charge is -2.08. The zero-order valence-electron chi connectivity index (χ0n) is 12.1. The molecule has 0 radical (unpaired) electrons. The van der Waals surface area contributed by atoms with E-state index < -0.39 is 0 Å². The summed E-state index contributed by atoms with van der Waals surface area (Å²) in [4.78, 5) is 23.6. The number of benzene rings is 2. The Morgan fingerprint density at radius 3 is 2.33 bits per heavy atom. The molecule has 0 atom stereocenters. The van der Waals surface area contributed by atoms with Crippen molar-refractivity contribution in [1.29, 1.82) is 0 Å². The van der Waals surface area contributed by atoms with Crippen molar-refractivity contribution in [2.24, 2.45) is 0 Å². The van der Waals surface area contributed by atoms with Crippen LogP contribution in [0.25, 0.3) is 0 Å². The third-order valence-corrected chi connectivity index (χ3v) is 3.24. The lowest BCUT2D eigenvalue weighted by Crippen LogP contribution is -2.32. The number of carbonyl (C=O) groups is 2. The van der Waals surface area contributed by atoms with Gasteiger partial charge < -0.3 is 10.6 Å². The summed E-state index contributed by atoms with van der Waals surface area (Å²) < 4.78 is 0. The Hall–Kier alpha value is -2.62. The van der Waals surface area contributed by atoms with Gasteiger partial charge in [0.25, 0.3) is 5.91 Å². The molecule has 2 amide bonds. The van der Waals surface area contributed by atoms with Gasteiger partial charge in [0.05, 0.1) is 6.54 Å². The molecule has 0 saturated carbocycles. The number of rotatable bonds is 4. The fourth-order valence-corrected chi connectivity index (χ4v) is 1.88. The molecule has 2 rings (SSSR count). The zero-order valence-corrected chi connectivity index (χ0v) is 12.1. The number of aryl methyl sites for hydroxylation is 2. The fourth-order valence-electron chi connectivity index (χ4n) is 1.88. The first-order valence-electron chi connectivity index (χ1n) is 6.76. The van der Waals surface area contributed by atoms with E-state index in [0.717, 1.165) is 11.3 Å². The molecule has 2 N–H and O–H groups in total. The fraction of sp³-hybridized carbons (Fsp3) is 0.176. The Labute approximate surface area is 124 Å². The van der Waals surface area contributed by atoms with Crippen molar-refractivity contribution in [3.8, 4) is 0 Å². The molecule has 0 fully saturated rings. The van der Waals surface area contributed by atoms with Crippen LogP contribution in [0.1, 0.15) is 21.5 Å². The highest BCUT2D eigenvalue weighted by Gasteiger charge is 2.08. The highest BCUT2D eigenvalue weighted by molar-refractivity contribution is 5.99. The van der Waals surface area contributed by atoms with Gasteiger partial charge in [0.1, 0.15) is 0 Å². The minimum atomic E-state index is -0.258. The molecular formula is C17H18N2O2. The largest absolute Gasteiger partial charge is 0.343 e. The van der Waals surface area contributed by atoms with Crippen LogP contribution in [0, 0.1) is 13.8 Å². The smallest absolute Gasteiger partial charge is 0.251 e. The molecular weight excluding hydrogens is 264 g/mol. The maximum Gasteiger partial charge on any atom is 0.251 e. The van der Waals surface area contributed by atoms with Gasteiger partial charge in [-0.1, -0.05) is 24.3 Å². The molecule has 0 saturated heterocycles. The van der Waals surface area contributed by atoms with Crippen LogP contribution >= 0.6 is 0 Å². The number of hydrogen-bond acceptors (Lipinski definition) is 2. The summed E-state index contributed by atoms with van der Waals surface area (Å²) in [5.74, 6) is -0.506. The molecule has 0 spiro atoms. The van der Waals surface area contributed by atoms with Crippen LogP contribution in [-0.4, -0.2) is 18.4 Å². The van der Waals surface area contributed by atoms with Crippen LogP contribution in [0.5, 0.6) is 0 Å². The van der Waals surface area contributed by atoms with Crippen LogP contribution in [0.15, 0.2) is 48.5 Å². The second kappa shape index (κ2) is 6.70. The standard InChI is InChI=1S/C17H18N2O2/c1-12-8-9-15(10-13(12)2)19-16(20)11-18-17(21)14-6-4-3-5-7-14/h3-10H,11H2,1-2H3,(H,18,21)(H,19,20). The van der Waals surface area contributed by atoms with Gasteiger partial charge in [-0.15, -0.1) is 0 Å². The average molecular weight is 282 g/mol. The Morgan fingerprint density at radius 1 is 0.952 bits per heavy atom. The molecule has 2 aromatic carbocycles. The Kier molecular flexibility index (Phi) is 4.72. The first-order valence-corrected chi connectivity index (χ1v) is 6.76. The molecule has 0 unspecified atom stereocenters. The molecule has 108 valence electrons. The van der Waals surface area contributed by atoms with E-state index >= 15 is 0 Å². The Balaban J connectivity index is 1.87. The van der Waals surface area contributed by atoms with Crippen molar-refractivity contribution in [2.75, 3.05) is 11.9 Å². The average Bonchev–Trinajstić information content (AvgIpc) is 2.49. The summed E-state index contributed by atoms with van der Waals surface area (Å²) in [5.41, 5.74) is 3.56. The van der Waals surface area contributed by atoms with E-state index in [1.807, 2.05) is 38.1 Å². The van der Waals surface area contributed by atoms with Crippen molar-refractivity contribution in [2.45, 2.75) is 13.8 Å². The molecule has 4 heteroatoms. The van der Waals surface area contributed by atoms with Crippen molar-refractivity contribution in [3.05, 3.63) is 65.2 Å². The molecule has 0 aliphatic carbocycles. The maximum atomic E-state index is 11.8. The maximum absolute atomic E-state index is 11.8. The molecule has 0 aliphatic heterocycles. The van der Waals surface area contributed by atoms with Crippen molar-refractivity contribution in [1.82, 2.24) is 5.32 Å². The first kappa shape index (κ1) is 14.8. The van der Waals surface area contributed by atoms with E-state index in [-0.39, 0.29) is 18.4 Å². The highest BCUT2D eigenvalue weighted by atomic mass is 16.2. The quantitative estimate of drug-likeness (QED) is 0.905. The molecule has 0 heterocycles. The lowest BCUT2D eigenvalue weighted by molar-refractivity contribution is -0.115. The third-order valence-electron chi connectivity index (χ3n) is 3.24. The van der Waals surface area contributed by atoms with Gasteiger partial charge in [0.15, 0.2) is 0 Å². The van der Waals surface area contributed by atoms with Gasteiger partial charge in [-0.05, 0) is 49.2 Å². The monoisotopic (exact) mass is 282 g/mol. The normalized spacial score (nSPS) is 10.0. The van der Waals surface area contributed by atoms with Crippen LogP contribution in [0.2, 0.25) is 0 Å². The van der Waals surface area contributed by atoms with E-state index in [2.05, 4.69) is 10.6 Å². The number of hydrogen-bond donors (Lipinski definition) is 2. The molecule has 4 nitrogen and oxygen atoms in total. The van der Waals surface area contributed by atoms with Gasteiger partial charge in [0, 0.05) is 11.3 Å². The molecule has 0 bridgehead atoms. The number of anilines is 1. The summed E-state index contributed by atoms with van der Waals surface area (Å²) in [7, 11) is 0. The molecule has 21 heavy (non-hydrogen) atoms. The molecule has 2 aromatic rings. The second-order valence-electron chi connectivity index (χ2n) is 4.90. The SMILES string of the molecule is Cc1ccc(NC(=O)CNC(=O)c2ccccc2)cc1C.